The van der Waals surface area contributed by atoms with Crippen LogP contribution in [0.25, 0.3) is 0 Å². The van der Waals surface area contributed by atoms with Gasteiger partial charge in [0.15, 0.2) is 0 Å². The molecule has 1 aliphatic rings. The zero-order chi connectivity index (χ0) is 10.8. The molecule has 1 heterocycles. The summed E-state index contributed by atoms with van der Waals surface area (Å²) < 4.78 is 0. The number of aryl methyl sites for hydroxylation is 1. The van der Waals surface area contributed by atoms with Crippen LogP contribution in [-0.2, 0) is 6.42 Å². The molecule has 0 aromatic heterocycles. The summed E-state index contributed by atoms with van der Waals surface area (Å²) >= 11 is 0. The molecule has 0 bridgehead atoms. The van der Waals surface area contributed by atoms with E-state index in [1.165, 1.54) is 10.6 Å². The molecule has 1 aliphatic heterocycles. The van der Waals surface area contributed by atoms with Crippen LogP contribution in [0.5, 0.6) is 0 Å². The minimum absolute atomic E-state index is 0.424. The molecule has 0 spiro atoms. The lowest BCUT2D eigenvalue weighted by Crippen LogP contribution is -2.48. The number of carbonyl (C=O) groups excluding carboxylic acids is 1. The second-order valence-corrected chi connectivity index (χ2v) is 3.72. The minimum Gasteiger partial charge on any atom is -0.350 e. The Morgan fingerprint density at radius 3 is 2.93 bits per heavy atom. The highest BCUT2D eigenvalue weighted by atomic mass is 16.2. The van der Waals surface area contributed by atoms with Gasteiger partial charge in [-0.15, -0.1) is 0 Å². The fraction of sp³-hybridized carbons (Fsp3) is 0.364. The summed E-state index contributed by atoms with van der Waals surface area (Å²) in [7, 11) is 1.70. The first kappa shape index (κ1) is 9.83. The molecule has 0 saturated heterocycles. The highest BCUT2D eigenvalue weighted by molar-refractivity contribution is 5.74. The first-order chi connectivity index (χ1) is 7.20. The lowest BCUT2D eigenvalue weighted by atomic mass is 10.0. The number of hydrogen-bond acceptors (Lipinski definition) is 2. The Hall–Kier alpha value is -1.71. The number of amides is 2. The summed E-state index contributed by atoms with van der Waals surface area (Å²) in [6.45, 7) is 0.844. The molecule has 2 N–H and O–H groups in total. The van der Waals surface area contributed by atoms with E-state index < -0.39 is 6.03 Å². The molecule has 1 aromatic rings. The van der Waals surface area contributed by atoms with E-state index >= 15 is 0 Å². The first-order valence-electron chi connectivity index (χ1n) is 5.08. The molecule has 4 nitrogen and oxygen atoms in total. The molecule has 15 heavy (non-hydrogen) atoms. The van der Waals surface area contributed by atoms with Crippen molar-refractivity contribution in [1.29, 1.82) is 0 Å². The van der Waals surface area contributed by atoms with Gasteiger partial charge in [0.2, 0.25) is 0 Å². The fourth-order valence-corrected chi connectivity index (χ4v) is 1.94. The number of urea groups is 1. The molecule has 2 rings (SSSR count). The summed E-state index contributed by atoms with van der Waals surface area (Å²) in [6, 6.07) is 7.69. The van der Waals surface area contributed by atoms with Crippen LogP contribution in [0.4, 0.5) is 10.5 Å². The number of hydrazine groups is 1. The average Bonchev–Trinajstić information content (AvgIpc) is 2.27. The fourth-order valence-electron chi connectivity index (χ4n) is 1.94. The summed E-state index contributed by atoms with van der Waals surface area (Å²) in [6.07, 6.45) is 2.12. The predicted molar refractivity (Wildman–Crippen MR) is 59.5 cm³/mol. The van der Waals surface area contributed by atoms with Crippen molar-refractivity contribution in [3.63, 3.8) is 0 Å². The van der Waals surface area contributed by atoms with Crippen molar-refractivity contribution in [3.8, 4) is 0 Å². The van der Waals surface area contributed by atoms with Gasteiger partial charge in [-0.3, -0.25) is 5.01 Å². The second kappa shape index (κ2) is 3.81. The Balaban J connectivity index is 2.33. The molecule has 1 aromatic carbocycles. The summed E-state index contributed by atoms with van der Waals surface area (Å²) in [5, 5.41) is 3.40. The van der Waals surface area contributed by atoms with Crippen molar-refractivity contribution >= 4 is 11.7 Å². The Morgan fingerprint density at radius 1 is 1.47 bits per heavy atom. The van der Waals surface area contributed by atoms with Crippen molar-refractivity contribution < 1.29 is 4.79 Å². The SMILES string of the molecule is CN(C(N)=O)N1CCCc2ccccc21. The Labute approximate surface area is 89.2 Å². The lowest BCUT2D eigenvalue weighted by molar-refractivity contribution is 0.212. The number of benzene rings is 1. The molecular formula is C11H15N3O. The zero-order valence-corrected chi connectivity index (χ0v) is 8.81. The van der Waals surface area contributed by atoms with Crippen LogP contribution in [0.3, 0.4) is 0 Å². The molecule has 0 aliphatic carbocycles. The van der Waals surface area contributed by atoms with E-state index in [4.69, 9.17) is 5.73 Å². The van der Waals surface area contributed by atoms with Gasteiger partial charge in [0, 0.05) is 13.6 Å². The minimum atomic E-state index is -0.424. The Bertz CT molecular complexity index is 378. The van der Waals surface area contributed by atoms with E-state index in [1.807, 2.05) is 23.2 Å². The van der Waals surface area contributed by atoms with Crippen LogP contribution in [0, 0.1) is 0 Å². The van der Waals surface area contributed by atoms with Crippen LogP contribution < -0.4 is 10.7 Å². The molecular weight excluding hydrogens is 190 g/mol. The van der Waals surface area contributed by atoms with E-state index in [2.05, 4.69) is 6.07 Å². The van der Waals surface area contributed by atoms with Crippen molar-refractivity contribution in [2.24, 2.45) is 5.73 Å². The molecule has 4 heteroatoms. The van der Waals surface area contributed by atoms with Crippen molar-refractivity contribution in [2.75, 3.05) is 18.6 Å². The normalized spacial score (nSPS) is 14.6. The highest BCUT2D eigenvalue weighted by Gasteiger charge is 2.21. The summed E-state index contributed by atoms with van der Waals surface area (Å²) in [5.74, 6) is 0. The monoisotopic (exact) mass is 205 g/mol. The number of nitrogens with two attached hydrogens (primary N) is 1. The third kappa shape index (κ3) is 1.75. The Kier molecular flexibility index (Phi) is 2.49. The molecule has 80 valence electrons. The first-order valence-corrected chi connectivity index (χ1v) is 5.08. The van der Waals surface area contributed by atoms with Gasteiger partial charge in [-0.05, 0) is 24.5 Å². The number of anilines is 1. The molecule has 0 fully saturated rings. The third-order valence-corrected chi connectivity index (χ3v) is 2.77. The van der Waals surface area contributed by atoms with Gasteiger partial charge in [0.05, 0.1) is 5.69 Å². The molecule has 2 amide bonds. The number of fused-ring (bicyclic) bond motifs is 1. The number of rotatable bonds is 1. The standard InChI is InChI=1S/C11H15N3O/c1-13(11(12)15)14-8-4-6-9-5-2-3-7-10(9)14/h2-3,5,7H,4,6,8H2,1H3,(H2,12,15). The van der Waals surface area contributed by atoms with Gasteiger partial charge >= 0.3 is 6.03 Å². The molecule has 0 unspecified atom stereocenters. The van der Waals surface area contributed by atoms with Crippen LogP contribution in [-0.4, -0.2) is 24.6 Å². The van der Waals surface area contributed by atoms with Gasteiger partial charge < -0.3 is 5.73 Å². The smallest absolute Gasteiger partial charge is 0.333 e. The predicted octanol–water partition coefficient (Wildman–Crippen LogP) is 1.36. The maximum atomic E-state index is 11.1. The molecule has 0 saturated carbocycles. The highest BCUT2D eigenvalue weighted by Crippen LogP contribution is 2.27. The van der Waals surface area contributed by atoms with Gasteiger partial charge in [0.1, 0.15) is 0 Å². The maximum absolute atomic E-state index is 11.1. The Morgan fingerprint density at radius 2 is 2.20 bits per heavy atom. The van der Waals surface area contributed by atoms with Gasteiger partial charge in [0.25, 0.3) is 0 Å². The summed E-state index contributed by atoms with van der Waals surface area (Å²) in [4.78, 5) is 11.1. The quantitative estimate of drug-likeness (QED) is 0.752. The third-order valence-electron chi connectivity index (χ3n) is 2.77. The number of carbonyl (C=O) groups is 1. The number of nitrogens with zero attached hydrogens (tertiary/aromatic N) is 2. The number of para-hydroxylation sites is 1. The van der Waals surface area contributed by atoms with Gasteiger partial charge in [-0.25, -0.2) is 9.80 Å². The topological polar surface area (TPSA) is 49.6 Å². The van der Waals surface area contributed by atoms with Crippen molar-refractivity contribution in [1.82, 2.24) is 5.01 Å². The molecule has 0 atom stereocenters. The van der Waals surface area contributed by atoms with Crippen molar-refractivity contribution in [3.05, 3.63) is 29.8 Å². The zero-order valence-electron chi connectivity index (χ0n) is 8.81. The van der Waals surface area contributed by atoms with Crippen molar-refractivity contribution in [2.45, 2.75) is 12.8 Å². The molecule has 0 radical (unpaired) electrons. The lowest BCUT2D eigenvalue weighted by Gasteiger charge is -2.36. The van der Waals surface area contributed by atoms with Crippen LogP contribution in [0.1, 0.15) is 12.0 Å². The number of hydrogen-bond donors (Lipinski definition) is 1. The van der Waals surface area contributed by atoms with E-state index in [-0.39, 0.29) is 0 Å². The van der Waals surface area contributed by atoms with E-state index in [9.17, 15) is 4.79 Å². The summed E-state index contributed by atoms with van der Waals surface area (Å²) in [5.41, 5.74) is 7.63. The van der Waals surface area contributed by atoms with E-state index in [0.29, 0.717) is 0 Å². The van der Waals surface area contributed by atoms with Crippen LogP contribution in [0.2, 0.25) is 0 Å². The van der Waals surface area contributed by atoms with E-state index in [1.54, 1.807) is 7.05 Å². The van der Waals surface area contributed by atoms with Gasteiger partial charge in [-0.1, -0.05) is 18.2 Å². The van der Waals surface area contributed by atoms with Crippen LogP contribution in [0.15, 0.2) is 24.3 Å². The number of primary amides is 1. The van der Waals surface area contributed by atoms with E-state index in [0.717, 1.165) is 25.1 Å². The largest absolute Gasteiger partial charge is 0.350 e. The maximum Gasteiger partial charge on any atom is 0.333 e. The average molecular weight is 205 g/mol. The van der Waals surface area contributed by atoms with Crippen LogP contribution >= 0.6 is 0 Å². The van der Waals surface area contributed by atoms with Gasteiger partial charge in [-0.2, -0.15) is 0 Å². The second-order valence-electron chi connectivity index (χ2n) is 3.72.